The van der Waals surface area contributed by atoms with E-state index in [1.54, 1.807) is 0 Å². The summed E-state index contributed by atoms with van der Waals surface area (Å²) in [6.45, 7) is 0. The summed E-state index contributed by atoms with van der Waals surface area (Å²) in [6, 6.07) is 4.19. The predicted molar refractivity (Wildman–Crippen MR) is 64.7 cm³/mol. The van der Waals surface area contributed by atoms with Crippen LogP contribution in [-0.2, 0) is 6.18 Å². The minimum absolute atomic E-state index is 0.0580. The van der Waals surface area contributed by atoms with Gasteiger partial charge in [0.1, 0.15) is 17.0 Å². The Kier molecular flexibility index (Phi) is 4.15. The van der Waals surface area contributed by atoms with Gasteiger partial charge in [0, 0.05) is 5.56 Å². The molecule has 0 aliphatic heterocycles. The Bertz CT molecular complexity index is 674. The first kappa shape index (κ1) is 15.7. The van der Waals surface area contributed by atoms with E-state index in [-0.39, 0.29) is 11.1 Å². The van der Waals surface area contributed by atoms with Crippen LogP contribution in [0.2, 0.25) is 5.15 Å². The van der Waals surface area contributed by atoms with E-state index in [1.807, 2.05) is 0 Å². The van der Waals surface area contributed by atoms with Crippen molar-refractivity contribution in [3.8, 4) is 0 Å². The van der Waals surface area contributed by atoms with Crippen molar-refractivity contribution in [2.75, 3.05) is 0 Å². The lowest BCUT2D eigenvalue weighted by molar-refractivity contribution is -0.141. The van der Waals surface area contributed by atoms with E-state index in [0.29, 0.717) is 6.07 Å². The van der Waals surface area contributed by atoms with Crippen LogP contribution >= 0.6 is 11.6 Å². The van der Waals surface area contributed by atoms with Gasteiger partial charge in [-0.25, -0.2) is 13.8 Å². The van der Waals surface area contributed by atoms with E-state index >= 15 is 0 Å². The van der Waals surface area contributed by atoms with E-state index in [4.69, 9.17) is 11.6 Å². The van der Waals surface area contributed by atoms with Gasteiger partial charge in [-0.15, -0.1) is 0 Å². The number of hydrogen-bond donors (Lipinski definition) is 1. The van der Waals surface area contributed by atoms with Crippen LogP contribution in [0.1, 0.15) is 22.9 Å². The Hall–Kier alpha value is -1.73. The number of aromatic nitrogens is 1. The maximum absolute atomic E-state index is 13.1. The molecule has 1 aromatic heterocycles. The molecule has 0 amide bonds. The number of benzene rings is 1. The van der Waals surface area contributed by atoms with Gasteiger partial charge < -0.3 is 5.11 Å². The molecule has 0 bridgehead atoms. The third-order valence-corrected chi connectivity index (χ3v) is 3.02. The Balaban J connectivity index is 2.39. The van der Waals surface area contributed by atoms with Crippen LogP contribution in [0.4, 0.5) is 22.0 Å². The highest BCUT2D eigenvalue weighted by Gasteiger charge is 2.33. The maximum atomic E-state index is 13.1. The number of aliphatic hydroxyl groups excluding tert-OH is 1. The topological polar surface area (TPSA) is 33.1 Å². The summed E-state index contributed by atoms with van der Waals surface area (Å²) in [6.07, 6.45) is -6.20. The predicted octanol–water partition coefficient (Wildman–Crippen LogP) is 4.11. The first-order chi connectivity index (χ1) is 9.70. The number of halogens is 6. The molecule has 0 spiro atoms. The standard InChI is InChI=1S/C13H7ClF5NO/c14-12-7(2-4-10(20-12)13(17,18)19)11(21)6-1-3-8(15)9(16)5-6/h1-5,11,21H. The second-order valence-corrected chi connectivity index (χ2v) is 4.51. The van der Waals surface area contributed by atoms with Crippen molar-refractivity contribution >= 4 is 11.6 Å². The van der Waals surface area contributed by atoms with Gasteiger partial charge in [0.25, 0.3) is 0 Å². The summed E-state index contributed by atoms with van der Waals surface area (Å²) in [4.78, 5) is 3.14. The van der Waals surface area contributed by atoms with Gasteiger partial charge in [-0.3, -0.25) is 0 Å². The van der Waals surface area contributed by atoms with Crippen molar-refractivity contribution in [2.45, 2.75) is 12.3 Å². The molecule has 0 aliphatic rings. The summed E-state index contributed by atoms with van der Waals surface area (Å²) >= 11 is 5.61. The highest BCUT2D eigenvalue weighted by atomic mass is 35.5. The molecule has 112 valence electrons. The van der Waals surface area contributed by atoms with E-state index in [9.17, 15) is 27.1 Å². The first-order valence-electron chi connectivity index (χ1n) is 5.57. The van der Waals surface area contributed by atoms with E-state index in [2.05, 4.69) is 4.98 Å². The van der Waals surface area contributed by atoms with Crippen molar-refractivity contribution < 1.29 is 27.1 Å². The Labute approximate surface area is 120 Å². The molecule has 0 saturated carbocycles. The zero-order valence-corrected chi connectivity index (χ0v) is 10.9. The summed E-state index contributed by atoms with van der Waals surface area (Å²) < 4.78 is 63.2. The normalized spacial score (nSPS) is 13.3. The Morgan fingerprint density at radius 2 is 1.71 bits per heavy atom. The van der Waals surface area contributed by atoms with Crippen LogP contribution in [0.3, 0.4) is 0 Å². The molecule has 8 heteroatoms. The van der Waals surface area contributed by atoms with E-state index in [0.717, 1.165) is 24.3 Å². The van der Waals surface area contributed by atoms with Crippen molar-refractivity contribution in [2.24, 2.45) is 0 Å². The zero-order valence-electron chi connectivity index (χ0n) is 10.1. The molecule has 21 heavy (non-hydrogen) atoms. The van der Waals surface area contributed by atoms with Crippen LogP contribution in [0, 0.1) is 11.6 Å². The van der Waals surface area contributed by atoms with Crippen LogP contribution in [0.15, 0.2) is 30.3 Å². The van der Waals surface area contributed by atoms with Gasteiger partial charge >= 0.3 is 6.18 Å². The minimum atomic E-state index is -4.67. The summed E-state index contributed by atoms with van der Waals surface area (Å²) in [5.74, 6) is -2.30. The molecular weight excluding hydrogens is 317 g/mol. The molecule has 1 heterocycles. The molecule has 0 fully saturated rings. The first-order valence-corrected chi connectivity index (χ1v) is 5.94. The van der Waals surface area contributed by atoms with Gasteiger partial charge in [-0.05, 0) is 23.8 Å². The lowest BCUT2D eigenvalue weighted by Crippen LogP contribution is -2.10. The SMILES string of the molecule is OC(c1ccc(F)c(F)c1)c1ccc(C(F)(F)F)nc1Cl. The molecule has 1 N–H and O–H groups in total. The van der Waals surface area contributed by atoms with Crippen molar-refractivity contribution in [3.63, 3.8) is 0 Å². The summed E-state index contributed by atoms with van der Waals surface area (Å²) in [7, 11) is 0. The number of rotatable bonds is 2. The third-order valence-electron chi connectivity index (χ3n) is 2.72. The fourth-order valence-electron chi connectivity index (χ4n) is 1.67. The Morgan fingerprint density at radius 3 is 2.24 bits per heavy atom. The molecule has 1 atom stereocenters. The lowest BCUT2D eigenvalue weighted by Gasteiger charge is -2.14. The largest absolute Gasteiger partial charge is 0.433 e. The summed E-state index contributed by atoms with van der Waals surface area (Å²) in [5.41, 5.74) is -1.42. The molecule has 2 aromatic rings. The lowest BCUT2D eigenvalue weighted by atomic mass is 10.0. The fourth-order valence-corrected chi connectivity index (χ4v) is 1.93. The van der Waals surface area contributed by atoms with Gasteiger partial charge in [0.15, 0.2) is 11.6 Å². The summed E-state index contributed by atoms with van der Waals surface area (Å²) in [5, 5.41) is 9.42. The smallest absolute Gasteiger partial charge is 0.384 e. The van der Waals surface area contributed by atoms with Gasteiger partial charge in [0.05, 0.1) is 0 Å². The molecular formula is C13H7ClF5NO. The molecule has 1 unspecified atom stereocenters. The van der Waals surface area contributed by atoms with Crippen molar-refractivity contribution in [3.05, 3.63) is 63.9 Å². The fraction of sp³-hybridized carbons (Fsp3) is 0.154. The number of hydrogen-bond acceptors (Lipinski definition) is 2. The second-order valence-electron chi connectivity index (χ2n) is 4.15. The van der Waals surface area contributed by atoms with Gasteiger partial charge in [0.2, 0.25) is 0 Å². The molecule has 0 aliphatic carbocycles. The van der Waals surface area contributed by atoms with Crippen LogP contribution in [0.25, 0.3) is 0 Å². The molecule has 0 saturated heterocycles. The van der Waals surface area contributed by atoms with Crippen LogP contribution < -0.4 is 0 Å². The second kappa shape index (κ2) is 5.57. The molecule has 1 aromatic carbocycles. The highest BCUT2D eigenvalue weighted by Crippen LogP contribution is 2.33. The van der Waals surface area contributed by atoms with Crippen LogP contribution in [-0.4, -0.2) is 10.1 Å². The molecule has 2 nitrogen and oxygen atoms in total. The van der Waals surface area contributed by atoms with Gasteiger partial charge in [-0.2, -0.15) is 13.2 Å². The average Bonchev–Trinajstić information content (AvgIpc) is 2.40. The van der Waals surface area contributed by atoms with E-state index in [1.165, 1.54) is 0 Å². The monoisotopic (exact) mass is 323 g/mol. The molecule has 0 radical (unpaired) electrons. The average molecular weight is 324 g/mol. The van der Waals surface area contributed by atoms with Gasteiger partial charge in [-0.1, -0.05) is 23.7 Å². The Morgan fingerprint density at radius 1 is 1.05 bits per heavy atom. The van der Waals surface area contributed by atoms with E-state index < -0.39 is 34.8 Å². The third kappa shape index (κ3) is 3.30. The minimum Gasteiger partial charge on any atom is -0.384 e. The van der Waals surface area contributed by atoms with Crippen molar-refractivity contribution in [1.82, 2.24) is 4.98 Å². The quantitative estimate of drug-likeness (QED) is 0.666. The highest BCUT2D eigenvalue weighted by molar-refractivity contribution is 6.30. The number of aliphatic hydroxyl groups is 1. The number of alkyl halides is 3. The number of nitrogens with zero attached hydrogens (tertiary/aromatic N) is 1. The maximum Gasteiger partial charge on any atom is 0.433 e. The van der Waals surface area contributed by atoms with Crippen LogP contribution in [0.5, 0.6) is 0 Å². The van der Waals surface area contributed by atoms with Crippen molar-refractivity contribution in [1.29, 1.82) is 0 Å². The zero-order chi connectivity index (χ0) is 15.8. The number of pyridine rings is 1. The molecule has 2 rings (SSSR count).